The summed E-state index contributed by atoms with van der Waals surface area (Å²) in [7, 11) is 0. The van der Waals surface area contributed by atoms with Gasteiger partial charge in [0.05, 0.1) is 0 Å². The number of benzene rings is 1. The van der Waals surface area contributed by atoms with Gasteiger partial charge in [-0.15, -0.1) is 0 Å². The first kappa shape index (κ1) is 12.5. The van der Waals surface area contributed by atoms with Gasteiger partial charge in [-0.25, -0.2) is 4.79 Å². The number of ether oxygens (including phenoxy) is 1. The van der Waals surface area contributed by atoms with Crippen molar-refractivity contribution in [1.29, 1.82) is 0 Å². The van der Waals surface area contributed by atoms with Crippen LogP contribution in [-0.4, -0.2) is 17.7 Å². The molecule has 1 amide bonds. The van der Waals surface area contributed by atoms with E-state index < -0.39 is 5.60 Å². The Morgan fingerprint density at radius 3 is 2.84 bits per heavy atom. The number of alkyl carbamates (subject to hydrolysis) is 1. The molecule has 1 fully saturated rings. The van der Waals surface area contributed by atoms with Gasteiger partial charge in [0.2, 0.25) is 0 Å². The summed E-state index contributed by atoms with van der Waals surface area (Å²) in [4.78, 5) is 11.8. The molecule has 3 heteroatoms. The van der Waals surface area contributed by atoms with E-state index in [1.807, 2.05) is 20.8 Å². The summed E-state index contributed by atoms with van der Waals surface area (Å²) in [5.41, 5.74) is 2.62. The van der Waals surface area contributed by atoms with E-state index in [0.717, 1.165) is 19.3 Å². The third-order valence-corrected chi connectivity index (χ3v) is 4.16. The molecule has 3 nitrogen and oxygen atoms in total. The first-order valence-corrected chi connectivity index (χ1v) is 6.99. The van der Waals surface area contributed by atoms with Crippen molar-refractivity contribution in [1.82, 2.24) is 5.32 Å². The van der Waals surface area contributed by atoms with Crippen LogP contribution in [-0.2, 0) is 16.6 Å². The molecule has 1 N–H and O–H groups in total. The lowest BCUT2D eigenvalue weighted by Gasteiger charge is -2.20. The average Bonchev–Trinajstić information content (AvgIpc) is 2.84. The lowest BCUT2D eigenvalue weighted by atomic mass is 9.97. The third-order valence-electron chi connectivity index (χ3n) is 4.16. The van der Waals surface area contributed by atoms with E-state index in [-0.39, 0.29) is 17.6 Å². The van der Waals surface area contributed by atoms with Gasteiger partial charge in [0, 0.05) is 11.5 Å². The van der Waals surface area contributed by atoms with Gasteiger partial charge >= 0.3 is 6.09 Å². The number of carbonyl (C=O) groups is 1. The molecule has 0 radical (unpaired) electrons. The van der Waals surface area contributed by atoms with E-state index in [2.05, 4.69) is 29.6 Å². The second-order valence-electron chi connectivity index (χ2n) is 6.72. The molecule has 1 saturated carbocycles. The minimum atomic E-state index is -0.431. The summed E-state index contributed by atoms with van der Waals surface area (Å²) in [6.07, 6.45) is 3.03. The highest BCUT2D eigenvalue weighted by molar-refractivity contribution is 5.69. The van der Waals surface area contributed by atoms with Crippen LogP contribution in [0.4, 0.5) is 4.79 Å². The molecule has 0 heterocycles. The van der Waals surface area contributed by atoms with E-state index in [0.29, 0.717) is 0 Å². The number of carbonyl (C=O) groups excluding carboxylic acids is 1. The van der Waals surface area contributed by atoms with Gasteiger partial charge < -0.3 is 10.1 Å². The fraction of sp³-hybridized carbons (Fsp3) is 0.562. The maximum atomic E-state index is 11.8. The second-order valence-corrected chi connectivity index (χ2v) is 6.72. The minimum Gasteiger partial charge on any atom is -0.444 e. The van der Waals surface area contributed by atoms with Crippen molar-refractivity contribution >= 4 is 6.09 Å². The Hall–Kier alpha value is -1.51. The monoisotopic (exact) mass is 259 g/mol. The van der Waals surface area contributed by atoms with Gasteiger partial charge in [-0.1, -0.05) is 24.3 Å². The lowest BCUT2D eigenvalue weighted by Crippen LogP contribution is -2.36. The molecule has 0 aliphatic heterocycles. The van der Waals surface area contributed by atoms with Gasteiger partial charge in [0.1, 0.15) is 5.60 Å². The highest BCUT2D eigenvalue weighted by atomic mass is 16.6. The Bertz CT molecular complexity index is 518. The van der Waals surface area contributed by atoms with Crippen molar-refractivity contribution in [3.05, 3.63) is 35.4 Å². The Balaban J connectivity index is 1.68. The second kappa shape index (κ2) is 3.99. The molecule has 0 bridgehead atoms. The van der Waals surface area contributed by atoms with Gasteiger partial charge in [-0.3, -0.25) is 0 Å². The molecule has 2 aliphatic rings. The quantitative estimate of drug-likeness (QED) is 0.841. The van der Waals surface area contributed by atoms with Gasteiger partial charge in [0.15, 0.2) is 0 Å². The maximum absolute atomic E-state index is 11.8. The van der Waals surface area contributed by atoms with Crippen molar-refractivity contribution in [2.75, 3.05) is 0 Å². The third kappa shape index (κ3) is 2.22. The normalized spacial score (nSPS) is 28.1. The number of hydrogen-bond acceptors (Lipinski definition) is 2. The molecule has 0 aromatic heterocycles. The van der Waals surface area contributed by atoms with E-state index in [1.165, 1.54) is 11.1 Å². The fourth-order valence-corrected chi connectivity index (χ4v) is 3.23. The summed E-state index contributed by atoms with van der Waals surface area (Å²) in [5.74, 6) is 0. The Morgan fingerprint density at radius 1 is 1.37 bits per heavy atom. The van der Waals surface area contributed by atoms with Crippen molar-refractivity contribution in [2.45, 2.75) is 57.1 Å². The van der Waals surface area contributed by atoms with E-state index >= 15 is 0 Å². The molecule has 102 valence electrons. The molecule has 3 rings (SSSR count). The number of hydrogen-bond donors (Lipinski definition) is 1. The van der Waals surface area contributed by atoms with E-state index in [1.54, 1.807) is 0 Å². The number of amides is 1. The molecule has 2 atom stereocenters. The predicted octanol–water partition coefficient (Wildman–Crippen LogP) is 3.17. The topological polar surface area (TPSA) is 38.3 Å². The van der Waals surface area contributed by atoms with Crippen LogP contribution in [0, 0.1) is 0 Å². The molecule has 2 aliphatic carbocycles. The SMILES string of the molecule is CC(C)(C)OC(=O)N[C@H]1C[C@@]12CCc1ccccc12. The first-order valence-electron chi connectivity index (χ1n) is 6.99. The van der Waals surface area contributed by atoms with Crippen LogP contribution in [0.1, 0.15) is 44.7 Å². The summed E-state index contributed by atoms with van der Waals surface area (Å²) >= 11 is 0. The van der Waals surface area contributed by atoms with Gasteiger partial charge in [-0.2, -0.15) is 0 Å². The molecular weight excluding hydrogens is 238 g/mol. The number of nitrogens with one attached hydrogen (secondary N) is 1. The zero-order chi connectivity index (χ0) is 13.7. The highest BCUT2D eigenvalue weighted by Gasteiger charge is 2.58. The smallest absolute Gasteiger partial charge is 0.407 e. The maximum Gasteiger partial charge on any atom is 0.407 e. The van der Waals surface area contributed by atoms with Gasteiger partial charge in [0.25, 0.3) is 0 Å². The van der Waals surface area contributed by atoms with Crippen LogP contribution in [0.3, 0.4) is 0 Å². The molecule has 1 aromatic rings. The molecule has 1 spiro atoms. The van der Waals surface area contributed by atoms with Crippen molar-refractivity contribution in [2.24, 2.45) is 0 Å². The Morgan fingerprint density at radius 2 is 2.11 bits per heavy atom. The minimum absolute atomic E-state index is 0.188. The van der Waals surface area contributed by atoms with Crippen LogP contribution in [0.25, 0.3) is 0 Å². The highest BCUT2D eigenvalue weighted by Crippen LogP contribution is 2.56. The van der Waals surface area contributed by atoms with Gasteiger partial charge in [-0.05, 0) is 51.2 Å². The molecule has 0 saturated heterocycles. The number of aryl methyl sites for hydroxylation is 1. The van der Waals surface area contributed by atoms with Crippen molar-refractivity contribution in [3.63, 3.8) is 0 Å². The standard InChI is InChI=1S/C16H21NO2/c1-15(2,3)19-14(18)17-13-10-16(13)9-8-11-6-4-5-7-12(11)16/h4-7,13H,8-10H2,1-3H3,(H,17,18)/t13-,16+/m0/s1. The lowest BCUT2D eigenvalue weighted by molar-refractivity contribution is 0.0519. The van der Waals surface area contributed by atoms with E-state index in [9.17, 15) is 4.79 Å². The summed E-state index contributed by atoms with van der Waals surface area (Å²) < 4.78 is 5.33. The molecular formula is C16H21NO2. The summed E-state index contributed by atoms with van der Waals surface area (Å²) in [5, 5.41) is 3.02. The zero-order valence-corrected chi connectivity index (χ0v) is 11.8. The van der Waals surface area contributed by atoms with Crippen LogP contribution in [0.5, 0.6) is 0 Å². The van der Waals surface area contributed by atoms with Crippen LogP contribution >= 0.6 is 0 Å². The molecule has 0 unspecified atom stereocenters. The Kier molecular flexibility index (Phi) is 2.63. The number of fused-ring (bicyclic) bond motifs is 2. The van der Waals surface area contributed by atoms with Crippen LogP contribution < -0.4 is 5.32 Å². The van der Waals surface area contributed by atoms with Crippen molar-refractivity contribution in [3.8, 4) is 0 Å². The largest absolute Gasteiger partial charge is 0.444 e. The fourth-order valence-electron chi connectivity index (χ4n) is 3.23. The number of rotatable bonds is 1. The summed E-state index contributed by atoms with van der Waals surface area (Å²) in [6.45, 7) is 5.67. The Labute approximate surface area is 114 Å². The average molecular weight is 259 g/mol. The summed E-state index contributed by atoms with van der Waals surface area (Å²) in [6, 6.07) is 8.84. The van der Waals surface area contributed by atoms with Crippen LogP contribution in [0.15, 0.2) is 24.3 Å². The zero-order valence-electron chi connectivity index (χ0n) is 11.8. The van der Waals surface area contributed by atoms with Crippen LogP contribution in [0.2, 0.25) is 0 Å². The van der Waals surface area contributed by atoms with E-state index in [4.69, 9.17) is 4.74 Å². The molecule has 1 aromatic carbocycles. The first-order chi connectivity index (χ1) is 8.91. The predicted molar refractivity (Wildman–Crippen MR) is 74.2 cm³/mol. The van der Waals surface area contributed by atoms with Crippen molar-refractivity contribution < 1.29 is 9.53 Å². The molecule has 19 heavy (non-hydrogen) atoms.